The Labute approximate surface area is 208 Å². The van der Waals surface area contributed by atoms with E-state index in [9.17, 15) is 8.78 Å². The van der Waals surface area contributed by atoms with E-state index in [1.165, 1.54) is 26.0 Å². The van der Waals surface area contributed by atoms with Crippen molar-refractivity contribution in [3.63, 3.8) is 0 Å². The highest BCUT2D eigenvalue weighted by Crippen LogP contribution is 2.65. The molecule has 2 aromatic heterocycles. The van der Waals surface area contributed by atoms with Gasteiger partial charge in [0, 0.05) is 56.4 Å². The van der Waals surface area contributed by atoms with Crippen molar-refractivity contribution in [1.29, 1.82) is 0 Å². The Morgan fingerprint density at radius 1 is 0.568 bits per heavy atom. The van der Waals surface area contributed by atoms with Crippen LogP contribution >= 0.6 is 0 Å². The first-order valence-electron chi connectivity index (χ1n) is 11.3. The van der Waals surface area contributed by atoms with Crippen LogP contribution in [0.25, 0.3) is 33.7 Å². The quantitative estimate of drug-likeness (QED) is 0.170. The zero-order chi connectivity index (χ0) is 26.9. The summed E-state index contributed by atoms with van der Waals surface area (Å²) < 4.78 is 90.8. The molecule has 5 rings (SSSR count). The number of hydrogen-bond acceptors (Lipinski definition) is 2. The molecule has 0 saturated carbocycles. The first-order valence-corrected chi connectivity index (χ1v) is 11.3. The molecule has 0 atom stereocenters. The minimum absolute atomic E-state index is 0.0412. The summed E-state index contributed by atoms with van der Waals surface area (Å²) in [5, 5.41) is 0. The molecule has 2 aromatic carbocycles. The number of H-pyrrole nitrogens is 2. The summed E-state index contributed by atoms with van der Waals surface area (Å²) in [6, 6.07) is 15.1. The third-order valence-electron chi connectivity index (χ3n) is 6.68. The predicted molar refractivity (Wildman–Crippen MR) is 132 cm³/mol. The van der Waals surface area contributed by atoms with E-state index in [-0.39, 0.29) is 11.4 Å². The predicted octanol–water partition coefficient (Wildman–Crippen LogP) is 7.29. The lowest BCUT2D eigenvalue weighted by Crippen LogP contribution is -2.48. The van der Waals surface area contributed by atoms with Gasteiger partial charge in [-0.1, -0.05) is 24.3 Å². The molecule has 0 aliphatic heterocycles. The molecule has 1 aliphatic rings. The van der Waals surface area contributed by atoms with Gasteiger partial charge in [-0.25, -0.2) is 0 Å². The molecule has 37 heavy (non-hydrogen) atoms. The monoisotopic (exact) mass is 516 g/mol. The molecule has 0 bridgehead atoms. The van der Waals surface area contributed by atoms with Gasteiger partial charge >= 0.3 is 17.8 Å². The Morgan fingerprint density at radius 3 is 1.22 bits per heavy atom. The van der Waals surface area contributed by atoms with Crippen LogP contribution in [-0.2, 0) is 0 Å². The van der Waals surface area contributed by atoms with Crippen LogP contribution in [0.1, 0.15) is 22.5 Å². The third kappa shape index (κ3) is 3.53. The third-order valence-corrected chi connectivity index (χ3v) is 6.68. The van der Waals surface area contributed by atoms with Crippen LogP contribution in [0.15, 0.2) is 60.7 Å². The second-order valence-corrected chi connectivity index (χ2v) is 9.16. The van der Waals surface area contributed by atoms with E-state index in [4.69, 9.17) is 11.5 Å². The highest BCUT2D eigenvalue weighted by molar-refractivity contribution is 6.03. The van der Waals surface area contributed by atoms with Crippen molar-refractivity contribution in [3.8, 4) is 22.5 Å². The molecule has 2 heterocycles. The fourth-order valence-electron chi connectivity index (χ4n) is 4.70. The summed E-state index contributed by atoms with van der Waals surface area (Å²) in [6.07, 6.45) is 0. The highest BCUT2D eigenvalue weighted by atomic mass is 19.3. The van der Waals surface area contributed by atoms with Gasteiger partial charge in [-0.2, -0.15) is 26.3 Å². The number of hydrogen-bond donors (Lipinski definition) is 4. The number of rotatable bonds is 4. The first kappa shape index (κ1) is 24.6. The molecule has 6 N–H and O–H groups in total. The van der Waals surface area contributed by atoms with Gasteiger partial charge in [-0.05, 0) is 61.4 Å². The Morgan fingerprint density at radius 2 is 0.892 bits per heavy atom. The van der Waals surface area contributed by atoms with Crippen LogP contribution in [0.2, 0.25) is 0 Å². The molecule has 4 nitrogen and oxygen atoms in total. The number of aryl methyl sites for hydroxylation is 2. The average molecular weight is 516 g/mol. The van der Waals surface area contributed by atoms with Crippen molar-refractivity contribution in [3.05, 3.63) is 83.2 Å². The number of allylic oxidation sites excluding steroid dienone is 2. The number of aromatic amines is 2. The fraction of sp³-hybridized carbons (Fsp3) is 0.185. The molecule has 10 heteroatoms. The van der Waals surface area contributed by atoms with Crippen molar-refractivity contribution in [2.45, 2.75) is 31.6 Å². The summed E-state index contributed by atoms with van der Waals surface area (Å²) >= 11 is 0. The number of aromatic nitrogens is 2. The maximum Gasteiger partial charge on any atom is 0.380 e. The average Bonchev–Trinajstić information content (AvgIpc) is 3.42. The smallest absolute Gasteiger partial charge is 0.380 e. The van der Waals surface area contributed by atoms with E-state index >= 15 is 17.6 Å². The minimum Gasteiger partial charge on any atom is -0.399 e. The Bertz CT molecular complexity index is 1410. The lowest BCUT2D eigenvalue weighted by atomic mass is 9.94. The van der Waals surface area contributed by atoms with E-state index < -0.39 is 40.0 Å². The van der Waals surface area contributed by atoms with Gasteiger partial charge in [-0.15, -0.1) is 0 Å². The van der Waals surface area contributed by atoms with Crippen LogP contribution in [0.5, 0.6) is 0 Å². The molecule has 4 aromatic rings. The number of alkyl halides is 6. The second-order valence-electron chi connectivity index (χ2n) is 9.16. The highest BCUT2D eigenvalue weighted by Gasteiger charge is 2.80. The molecular weight excluding hydrogens is 494 g/mol. The summed E-state index contributed by atoms with van der Waals surface area (Å²) in [6.45, 7) is 2.74. The zero-order valence-electron chi connectivity index (χ0n) is 19.7. The largest absolute Gasteiger partial charge is 0.399 e. The Hall–Kier alpha value is -4.08. The van der Waals surface area contributed by atoms with Crippen LogP contribution in [0.3, 0.4) is 0 Å². The molecule has 0 fully saturated rings. The van der Waals surface area contributed by atoms with E-state index in [2.05, 4.69) is 9.97 Å². The van der Waals surface area contributed by atoms with Gasteiger partial charge in [0.05, 0.1) is 0 Å². The van der Waals surface area contributed by atoms with Crippen molar-refractivity contribution >= 4 is 22.5 Å². The molecule has 0 saturated heterocycles. The number of halogens is 6. The van der Waals surface area contributed by atoms with Gasteiger partial charge in [-0.3, -0.25) is 0 Å². The lowest BCUT2D eigenvalue weighted by molar-refractivity contribution is -0.254. The second kappa shape index (κ2) is 7.96. The molecule has 192 valence electrons. The van der Waals surface area contributed by atoms with Gasteiger partial charge in [0.15, 0.2) is 0 Å². The van der Waals surface area contributed by atoms with Crippen LogP contribution < -0.4 is 11.5 Å². The Balaban J connectivity index is 1.76. The summed E-state index contributed by atoms with van der Waals surface area (Å²) in [4.78, 5) is 5.71. The van der Waals surface area contributed by atoms with Crippen LogP contribution in [0.4, 0.5) is 37.7 Å². The topological polar surface area (TPSA) is 83.6 Å². The molecule has 0 spiro atoms. The molecular formula is C27H22F6N4. The fourth-order valence-corrected chi connectivity index (χ4v) is 4.70. The van der Waals surface area contributed by atoms with Gasteiger partial charge in [0.1, 0.15) is 0 Å². The van der Waals surface area contributed by atoms with Crippen molar-refractivity contribution in [2.75, 3.05) is 11.5 Å². The van der Waals surface area contributed by atoms with Crippen molar-refractivity contribution in [1.82, 2.24) is 9.97 Å². The van der Waals surface area contributed by atoms with E-state index in [0.717, 1.165) is 0 Å². The van der Waals surface area contributed by atoms with E-state index in [0.29, 0.717) is 33.9 Å². The zero-order valence-corrected chi connectivity index (χ0v) is 19.7. The Kier molecular flexibility index (Phi) is 5.29. The number of anilines is 2. The lowest BCUT2D eigenvalue weighted by Gasteiger charge is -2.25. The molecule has 0 amide bonds. The van der Waals surface area contributed by atoms with E-state index in [1.54, 1.807) is 48.5 Å². The van der Waals surface area contributed by atoms with E-state index in [1.807, 2.05) is 0 Å². The minimum atomic E-state index is -5.65. The molecule has 0 radical (unpaired) electrons. The maximum atomic E-state index is 15.3. The number of benzene rings is 2. The van der Waals surface area contributed by atoms with Gasteiger partial charge in [0.2, 0.25) is 0 Å². The number of nitrogen functional groups attached to an aromatic ring is 2. The first-order chi connectivity index (χ1) is 17.3. The van der Waals surface area contributed by atoms with Crippen LogP contribution in [-0.4, -0.2) is 27.7 Å². The summed E-state index contributed by atoms with van der Waals surface area (Å²) in [5.41, 5.74) is 10.3. The van der Waals surface area contributed by atoms with Gasteiger partial charge < -0.3 is 21.4 Å². The standard InChI is InChI=1S/C27H22F6N4/c1-13-19(11-21(36-13)15-3-7-17(34)8-4-15)23-24(26(30,31)27(32,33)25(23,28)29)20-12-22(37-14(20)2)16-5-9-18(35)10-6-16/h3-12,36-37H,34-35H2,1-2H3. The van der Waals surface area contributed by atoms with Crippen LogP contribution in [0, 0.1) is 13.8 Å². The summed E-state index contributed by atoms with van der Waals surface area (Å²) in [7, 11) is 0. The van der Waals surface area contributed by atoms with Gasteiger partial charge in [0.25, 0.3) is 0 Å². The van der Waals surface area contributed by atoms with Crippen molar-refractivity contribution < 1.29 is 26.3 Å². The molecule has 0 unspecified atom stereocenters. The normalized spacial score (nSPS) is 17.9. The number of nitrogens with one attached hydrogen (secondary N) is 2. The molecule has 1 aliphatic carbocycles. The summed E-state index contributed by atoms with van der Waals surface area (Å²) in [5.74, 6) is -16.0. The van der Waals surface area contributed by atoms with Crippen molar-refractivity contribution in [2.24, 2.45) is 0 Å². The SMILES string of the molecule is Cc1[nH]c(-c2ccc(N)cc2)cc1C1=C(c2cc(-c3ccc(N)cc3)[nH]c2C)C(F)(F)C(F)(F)C1(F)F. The maximum absolute atomic E-state index is 15.3. The number of nitrogens with two attached hydrogens (primary N) is 2.